The van der Waals surface area contributed by atoms with Crippen LogP contribution >= 0.6 is 11.3 Å². The van der Waals surface area contributed by atoms with Crippen LogP contribution in [-0.4, -0.2) is 16.1 Å². The molecule has 3 aromatic rings. The molecule has 25 heavy (non-hydrogen) atoms. The van der Waals surface area contributed by atoms with Crippen molar-refractivity contribution in [2.75, 3.05) is 0 Å². The van der Waals surface area contributed by atoms with Gasteiger partial charge in [-0.1, -0.05) is 6.07 Å². The number of thiophene rings is 1. The number of benzene rings is 1. The fourth-order valence-corrected chi connectivity index (χ4v) is 4.05. The summed E-state index contributed by atoms with van der Waals surface area (Å²) in [4.78, 5) is 15.7. The lowest BCUT2D eigenvalue weighted by atomic mass is 9.99. The van der Waals surface area contributed by atoms with Crippen LogP contribution in [0.15, 0.2) is 29.6 Å². The average molecular weight is 355 g/mol. The first-order valence-corrected chi connectivity index (χ1v) is 9.06. The van der Waals surface area contributed by atoms with E-state index in [1.165, 1.54) is 0 Å². The summed E-state index contributed by atoms with van der Waals surface area (Å²) in [6, 6.07) is 7.92. The van der Waals surface area contributed by atoms with E-state index in [2.05, 4.69) is 4.98 Å². The van der Waals surface area contributed by atoms with Gasteiger partial charge >= 0.3 is 5.97 Å². The van der Waals surface area contributed by atoms with Gasteiger partial charge < -0.3 is 9.84 Å². The first-order valence-electron chi connectivity index (χ1n) is 8.18. The second-order valence-corrected chi connectivity index (χ2v) is 7.18. The van der Waals surface area contributed by atoms with Crippen molar-refractivity contribution in [2.45, 2.75) is 40.2 Å². The maximum absolute atomic E-state index is 11.3. The molecule has 1 N–H and O–H groups in total. The van der Waals surface area contributed by atoms with Crippen LogP contribution < -0.4 is 4.74 Å². The molecule has 2 aromatic heterocycles. The minimum absolute atomic E-state index is 0.467. The Morgan fingerprint density at radius 3 is 2.68 bits per heavy atom. The van der Waals surface area contributed by atoms with Crippen molar-refractivity contribution >= 4 is 27.4 Å². The van der Waals surface area contributed by atoms with Gasteiger partial charge in [-0.05, 0) is 62.2 Å². The number of aliphatic carboxylic acids is 1. The molecule has 0 spiro atoms. The maximum atomic E-state index is 11.3. The largest absolute Gasteiger partial charge is 0.489 e. The van der Waals surface area contributed by atoms with Crippen LogP contribution in [0.1, 0.15) is 40.9 Å². The predicted octanol–water partition coefficient (Wildman–Crippen LogP) is 4.99. The zero-order valence-corrected chi connectivity index (χ0v) is 15.6. The summed E-state index contributed by atoms with van der Waals surface area (Å²) in [6.07, 6.45) is 0. The molecule has 3 rings (SSSR count). The molecule has 0 bridgehead atoms. The topological polar surface area (TPSA) is 59.4 Å². The summed E-state index contributed by atoms with van der Waals surface area (Å²) in [5.74, 6) is -0.495. The van der Waals surface area contributed by atoms with E-state index in [0.29, 0.717) is 6.61 Å². The van der Waals surface area contributed by atoms with Gasteiger partial charge in [0.1, 0.15) is 12.4 Å². The van der Waals surface area contributed by atoms with Gasteiger partial charge in [0.25, 0.3) is 0 Å². The molecular formula is C20H21NO3S. The molecule has 0 fully saturated rings. The smallest absolute Gasteiger partial charge is 0.310 e. The number of hydrogen-bond acceptors (Lipinski definition) is 4. The lowest BCUT2D eigenvalue weighted by Crippen LogP contribution is -2.06. The highest BCUT2D eigenvalue weighted by molar-refractivity contribution is 7.17. The maximum Gasteiger partial charge on any atom is 0.310 e. The van der Waals surface area contributed by atoms with E-state index >= 15 is 0 Å². The van der Waals surface area contributed by atoms with Crippen LogP contribution in [0, 0.1) is 20.8 Å². The minimum atomic E-state index is -0.806. The number of aryl methyl sites for hydroxylation is 3. The summed E-state index contributed by atoms with van der Waals surface area (Å²) in [5, 5.41) is 12.2. The van der Waals surface area contributed by atoms with Crippen molar-refractivity contribution < 1.29 is 14.6 Å². The fraction of sp³-hybridized carbons (Fsp3) is 0.300. The Labute approximate surface area is 151 Å². The Morgan fingerprint density at radius 1 is 1.24 bits per heavy atom. The second kappa shape index (κ2) is 6.84. The average Bonchev–Trinajstić information content (AvgIpc) is 2.99. The summed E-state index contributed by atoms with van der Waals surface area (Å²) < 4.78 is 7.10. The normalized spacial score (nSPS) is 12.3. The van der Waals surface area contributed by atoms with Crippen LogP contribution in [0.3, 0.4) is 0 Å². The predicted molar refractivity (Wildman–Crippen MR) is 101 cm³/mol. The number of hydrogen-bond donors (Lipinski definition) is 1. The van der Waals surface area contributed by atoms with Crippen molar-refractivity contribution in [1.82, 2.24) is 4.98 Å². The first kappa shape index (κ1) is 17.4. The van der Waals surface area contributed by atoms with Crippen molar-refractivity contribution in [3.63, 3.8) is 0 Å². The second-order valence-electron chi connectivity index (χ2n) is 6.30. The SMILES string of the molecule is Cc1ccc(COc2ccc3c(C(C)C(=O)O)csc3c2C)c(C)n1. The molecule has 130 valence electrons. The number of aromatic nitrogens is 1. The van der Waals surface area contributed by atoms with Gasteiger partial charge in [-0.2, -0.15) is 0 Å². The number of pyridine rings is 1. The van der Waals surface area contributed by atoms with E-state index in [9.17, 15) is 9.90 Å². The number of rotatable bonds is 5. The molecule has 1 atom stereocenters. The van der Waals surface area contributed by atoms with E-state index in [1.54, 1.807) is 18.3 Å². The van der Waals surface area contributed by atoms with E-state index in [4.69, 9.17) is 4.74 Å². The minimum Gasteiger partial charge on any atom is -0.489 e. The van der Waals surface area contributed by atoms with E-state index in [0.717, 1.165) is 43.9 Å². The van der Waals surface area contributed by atoms with E-state index in [1.807, 2.05) is 50.4 Å². The third-order valence-corrected chi connectivity index (χ3v) is 5.66. The monoisotopic (exact) mass is 355 g/mol. The Balaban J connectivity index is 1.88. The Morgan fingerprint density at radius 2 is 2.00 bits per heavy atom. The number of ether oxygens (including phenoxy) is 1. The summed E-state index contributed by atoms with van der Waals surface area (Å²) in [6.45, 7) is 8.17. The van der Waals surface area contributed by atoms with Gasteiger partial charge in [0.05, 0.1) is 5.92 Å². The van der Waals surface area contributed by atoms with Gasteiger partial charge in [0.15, 0.2) is 0 Å². The molecule has 2 heterocycles. The van der Waals surface area contributed by atoms with Crippen LogP contribution in [0.5, 0.6) is 5.75 Å². The highest BCUT2D eigenvalue weighted by atomic mass is 32.1. The molecule has 0 radical (unpaired) electrons. The molecule has 1 aromatic carbocycles. The third-order valence-electron chi connectivity index (χ3n) is 4.53. The summed E-state index contributed by atoms with van der Waals surface area (Å²) >= 11 is 1.57. The van der Waals surface area contributed by atoms with E-state index < -0.39 is 11.9 Å². The van der Waals surface area contributed by atoms with Crippen LogP contribution in [0.2, 0.25) is 0 Å². The molecule has 0 amide bonds. The van der Waals surface area contributed by atoms with Gasteiger partial charge in [-0.15, -0.1) is 11.3 Å². The lowest BCUT2D eigenvalue weighted by Gasteiger charge is -2.12. The number of carboxylic acid groups (broad SMARTS) is 1. The molecule has 0 saturated heterocycles. The Hall–Kier alpha value is -2.40. The van der Waals surface area contributed by atoms with Crippen LogP contribution in [0.25, 0.3) is 10.1 Å². The fourth-order valence-electron chi connectivity index (χ4n) is 2.89. The molecule has 4 nitrogen and oxygen atoms in total. The number of carbonyl (C=O) groups is 1. The first-order chi connectivity index (χ1) is 11.9. The van der Waals surface area contributed by atoms with Gasteiger partial charge in [0, 0.05) is 27.2 Å². The number of fused-ring (bicyclic) bond motifs is 1. The third kappa shape index (κ3) is 3.37. The highest BCUT2D eigenvalue weighted by Gasteiger charge is 2.19. The van der Waals surface area contributed by atoms with Crippen LogP contribution in [-0.2, 0) is 11.4 Å². The summed E-state index contributed by atoms with van der Waals surface area (Å²) in [5.41, 5.74) is 4.95. The molecular weight excluding hydrogens is 334 g/mol. The van der Waals surface area contributed by atoms with Crippen LogP contribution in [0.4, 0.5) is 0 Å². The number of nitrogens with zero attached hydrogens (tertiary/aromatic N) is 1. The highest BCUT2D eigenvalue weighted by Crippen LogP contribution is 2.37. The van der Waals surface area contributed by atoms with Crippen molar-refractivity contribution in [3.8, 4) is 5.75 Å². The van der Waals surface area contributed by atoms with Gasteiger partial charge in [-0.3, -0.25) is 9.78 Å². The van der Waals surface area contributed by atoms with E-state index in [-0.39, 0.29) is 0 Å². The lowest BCUT2D eigenvalue weighted by molar-refractivity contribution is -0.138. The zero-order chi connectivity index (χ0) is 18.1. The van der Waals surface area contributed by atoms with Crippen molar-refractivity contribution in [2.24, 2.45) is 0 Å². The van der Waals surface area contributed by atoms with Gasteiger partial charge in [0.2, 0.25) is 0 Å². The van der Waals surface area contributed by atoms with Crippen molar-refractivity contribution in [1.29, 1.82) is 0 Å². The molecule has 0 aliphatic rings. The Kier molecular flexibility index (Phi) is 4.77. The quantitative estimate of drug-likeness (QED) is 0.700. The van der Waals surface area contributed by atoms with Crippen molar-refractivity contribution in [3.05, 3.63) is 57.7 Å². The van der Waals surface area contributed by atoms with Gasteiger partial charge in [-0.25, -0.2) is 0 Å². The standard InChI is InChI=1S/C20H21NO3S/c1-11-5-6-15(14(4)21-11)9-24-18-8-7-16-17(12(2)20(22)23)10-25-19(16)13(18)3/h5-8,10,12H,9H2,1-4H3,(H,22,23). The summed E-state index contributed by atoms with van der Waals surface area (Å²) in [7, 11) is 0. The molecule has 1 unspecified atom stereocenters. The molecule has 5 heteroatoms. The molecule has 0 saturated carbocycles. The molecule has 0 aliphatic carbocycles. The zero-order valence-electron chi connectivity index (χ0n) is 14.8. The Bertz CT molecular complexity index is 946. The molecule has 0 aliphatic heterocycles. The number of carboxylic acids is 1.